The van der Waals surface area contributed by atoms with Crippen molar-refractivity contribution >= 4 is 17.0 Å². The van der Waals surface area contributed by atoms with E-state index in [1.54, 1.807) is 17.8 Å². The van der Waals surface area contributed by atoms with E-state index in [1.165, 1.54) is 6.33 Å². The summed E-state index contributed by atoms with van der Waals surface area (Å²) in [5, 5.41) is 26.9. The molecule has 4 rings (SSSR count). The molecule has 4 heterocycles. The predicted molar refractivity (Wildman–Crippen MR) is 91.0 cm³/mol. The van der Waals surface area contributed by atoms with Crippen LogP contribution in [0.4, 0.5) is 5.82 Å². The fraction of sp³-hybridized carbons (Fsp3) is 0.688. The minimum absolute atomic E-state index is 0.447. The molecule has 4 atom stereocenters. The van der Waals surface area contributed by atoms with Crippen LogP contribution < -0.4 is 10.6 Å². The summed E-state index contributed by atoms with van der Waals surface area (Å²) in [6, 6.07) is 0. The Kier molecular flexibility index (Phi) is 4.55. The van der Waals surface area contributed by atoms with Crippen molar-refractivity contribution in [3.63, 3.8) is 0 Å². The number of ether oxygens (including phenoxy) is 1. The Hall–Kier alpha value is -1.81. The van der Waals surface area contributed by atoms with Gasteiger partial charge < -0.3 is 25.6 Å². The van der Waals surface area contributed by atoms with Crippen molar-refractivity contribution < 1.29 is 14.9 Å². The molecule has 4 N–H and O–H groups in total. The second-order valence-electron chi connectivity index (χ2n) is 6.83. The Morgan fingerprint density at radius 2 is 2.04 bits per heavy atom. The third kappa shape index (κ3) is 3.08. The summed E-state index contributed by atoms with van der Waals surface area (Å²) in [4.78, 5) is 13.0. The van der Waals surface area contributed by atoms with E-state index < -0.39 is 24.5 Å². The molecule has 2 aromatic heterocycles. The minimum Gasteiger partial charge on any atom is -0.388 e. The topological polar surface area (TPSA) is 117 Å². The summed E-state index contributed by atoms with van der Waals surface area (Å²) in [6.07, 6.45) is 2.25. The maximum Gasteiger partial charge on any atom is 0.167 e. The van der Waals surface area contributed by atoms with E-state index in [4.69, 9.17) is 4.74 Å². The number of hydrogen-bond acceptors (Lipinski definition) is 8. The maximum absolute atomic E-state index is 10.2. The highest BCUT2D eigenvalue weighted by atomic mass is 16.6. The summed E-state index contributed by atoms with van der Waals surface area (Å²) < 4.78 is 7.33. The van der Waals surface area contributed by atoms with Crippen molar-refractivity contribution in [3.8, 4) is 0 Å². The number of aliphatic hydroxyl groups is 2. The number of aliphatic hydroxyl groups excluding tert-OH is 2. The van der Waals surface area contributed by atoms with Crippen LogP contribution in [-0.4, -0.2) is 67.7 Å². The molecule has 136 valence electrons. The number of nitrogens with zero attached hydrogens (tertiary/aromatic N) is 4. The summed E-state index contributed by atoms with van der Waals surface area (Å²) in [5.74, 6) is 1.30. The highest BCUT2D eigenvalue weighted by Crippen LogP contribution is 2.32. The van der Waals surface area contributed by atoms with E-state index in [0.29, 0.717) is 22.9 Å². The van der Waals surface area contributed by atoms with Crippen LogP contribution in [0, 0.1) is 5.92 Å². The molecule has 9 nitrogen and oxygen atoms in total. The molecule has 0 aromatic carbocycles. The highest BCUT2D eigenvalue weighted by molar-refractivity contribution is 5.82. The predicted octanol–water partition coefficient (Wildman–Crippen LogP) is -0.123. The number of imidazole rings is 1. The first-order chi connectivity index (χ1) is 12.1. The van der Waals surface area contributed by atoms with E-state index in [0.717, 1.165) is 32.5 Å². The van der Waals surface area contributed by atoms with Gasteiger partial charge in [0.2, 0.25) is 0 Å². The fourth-order valence-corrected chi connectivity index (χ4v) is 3.55. The SMILES string of the molecule is C[C@H]1O[C@@H](n2cnc3c(NCC4CCNCC4)ncnc32)[C@H](O)[C@@H]1O. The summed E-state index contributed by atoms with van der Waals surface area (Å²) in [6.45, 7) is 4.68. The fourth-order valence-electron chi connectivity index (χ4n) is 3.55. The van der Waals surface area contributed by atoms with Crippen molar-refractivity contribution in [2.75, 3.05) is 25.0 Å². The lowest BCUT2D eigenvalue weighted by atomic mass is 9.98. The van der Waals surface area contributed by atoms with E-state index in [2.05, 4.69) is 25.6 Å². The maximum atomic E-state index is 10.2. The normalized spacial score (nSPS) is 30.8. The van der Waals surface area contributed by atoms with Gasteiger partial charge in [0.1, 0.15) is 18.5 Å². The number of anilines is 1. The summed E-state index contributed by atoms with van der Waals surface area (Å²) in [5.41, 5.74) is 1.22. The second kappa shape index (κ2) is 6.83. The van der Waals surface area contributed by atoms with E-state index in [9.17, 15) is 10.2 Å². The Labute approximate surface area is 145 Å². The summed E-state index contributed by atoms with van der Waals surface area (Å²) in [7, 11) is 0. The number of aromatic nitrogens is 4. The van der Waals surface area contributed by atoms with Gasteiger partial charge in [0.15, 0.2) is 23.2 Å². The lowest BCUT2D eigenvalue weighted by Gasteiger charge is -2.23. The lowest BCUT2D eigenvalue weighted by Crippen LogP contribution is -2.31. The van der Waals surface area contributed by atoms with Crippen molar-refractivity contribution in [1.29, 1.82) is 0 Å². The molecule has 0 aliphatic carbocycles. The standard InChI is InChI=1S/C16H24N6O3/c1-9-12(23)13(24)16(25-9)22-8-21-11-14(19-7-20-15(11)22)18-6-10-2-4-17-5-3-10/h7-10,12-13,16-17,23-24H,2-6H2,1H3,(H,18,19,20)/t9-,12-,13-,16-/m1/s1. The van der Waals surface area contributed by atoms with Crippen LogP contribution in [0.3, 0.4) is 0 Å². The third-order valence-corrected chi connectivity index (χ3v) is 5.13. The molecule has 2 saturated heterocycles. The van der Waals surface area contributed by atoms with Crippen LogP contribution in [0.25, 0.3) is 11.2 Å². The summed E-state index contributed by atoms with van der Waals surface area (Å²) >= 11 is 0. The molecule has 0 bridgehead atoms. The molecule has 25 heavy (non-hydrogen) atoms. The van der Waals surface area contributed by atoms with Crippen LogP contribution in [0.15, 0.2) is 12.7 Å². The molecule has 0 spiro atoms. The van der Waals surface area contributed by atoms with Gasteiger partial charge in [-0.15, -0.1) is 0 Å². The highest BCUT2D eigenvalue weighted by Gasteiger charge is 2.42. The van der Waals surface area contributed by atoms with E-state index in [-0.39, 0.29) is 0 Å². The van der Waals surface area contributed by atoms with Crippen molar-refractivity contribution in [2.24, 2.45) is 5.92 Å². The lowest BCUT2D eigenvalue weighted by molar-refractivity contribution is -0.0299. The number of nitrogens with one attached hydrogen (secondary N) is 2. The largest absolute Gasteiger partial charge is 0.388 e. The molecule has 2 fully saturated rings. The average Bonchev–Trinajstić information content (AvgIpc) is 3.18. The van der Waals surface area contributed by atoms with Crippen molar-refractivity contribution in [3.05, 3.63) is 12.7 Å². The molecule has 2 aliphatic heterocycles. The minimum atomic E-state index is -1.02. The zero-order valence-electron chi connectivity index (χ0n) is 14.2. The zero-order valence-corrected chi connectivity index (χ0v) is 14.2. The number of piperidine rings is 1. The Balaban J connectivity index is 1.56. The first kappa shape index (κ1) is 16.6. The Morgan fingerprint density at radius 3 is 2.76 bits per heavy atom. The van der Waals surface area contributed by atoms with Gasteiger partial charge in [0.05, 0.1) is 12.4 Å². The monoisotopic (exact) mass is 348 g/mol. The van der Waals surface area contributed by atoms with Gasteiger partial charge in [-0.3, -0.25) is 4.57 Å². The Morgan fingerprint density at radius 1 is 1.24 bits per heavy atom. The number of hydrogen-bond donors (Lipinski definition) is 4. The smallest absolute Gasteiger partial charge is 0.167 e. The van der Waals surface area contributed by atoms with E-state index >= 15 is 0 Å². The molecule has 0 unspecified atom stereocenters. The van der Waals surface area contributed by atoms with Crippen LogP contribution in [0.1, 0.15) is 26.0 Å². The third-order valence-electron chi connectivity index (χ3n) is 5.13. The van der Waals surface area contributed by atoms with E-state index in [1.807, 2.05) is 0 Å². The van der Waals surface area contributed by atoms with Crippen LogP contribution >= 0.6 is 0 Å². The molecular weight excluding hydrogens is 324 g/mol. The molecule has 0 radical (unpaired) electrons. The zero-order chi connectivity index (χ0) is 17.4. The van der Waals surface area contributed by atoms with Gasteiger partial charge in [0.25, 0.3) is 0 Å². The number of rotatable bonds is 4. The number of fused-ring (bicyclic) bond motifs is 1. The molecule has 0 amide bonds. The van der Waals surface area contributed by atoms with Crippen LogP contribution in [0.5, 0.6) is 0 Å². The molecule has 9 heteroatoms. The van der Waals surface area contributed by atoms with Gasteiger partial charge in [-0.1, -0.05) is 0 Å². The van der Waals surface area contributed by atoms with Gasteiger partial charge in [0, 0.05) is 6.54 Å². The molecular formula is C16H24N6O3. The molecule has 2 aromatic rings. The van der Waals surface area contributed by atoms with Crippen LogP contribution in [-0.2, 0) is 4.74 Å². The second-order valence-corrected chi connectivity index (χ2v) is 6.83. The Bertz CT molecular complexity index is 732. The van der Waals surface area contributed by atoms with Crippen molar-refractivity contribution in [2.45, 2.75) is 44.3 Å². The molecule has 2 aliphatic rings. The average molecular weight is 348 g/mol. The van der Waals surface area contributed by atoms with Gasteiger partial charge in [-0.05, 0) is 38.8 Å². The first-order valence-electron chi connectivity index (χ1n) is 8.79. The van der Waals surface area contributed by atoms with Gasteiger partial charge in [-0.2, -0.15) is 0 Å². The quantitative estimate of drug-likeness (QED) is 0.604. The first-order valence-corrected chi connectivity index (χ1v) is 8.79. The van der Waals surface area contributed by atoms with Gasteiger partial charge >= 0.3 is 0 Å². The van der Waals surface area contributed by atoms with Crippen LogP contribution in [0.2, 0.25) is 0 Å². The van der Waals surface area contributed by atoms with Crippen molar-refractivity contribution in [1.82, 2.24) is 24.8 Å². The molecule has 0 saturated carbocycles. The van der Waals surface area contributed by atoms with Gasteiger partial charge in [-0.25, -0.2) is 15.0 Å².